The topological polar surface area (TPSA) is 105 Å². The molecule has 0 saturated heterocycles. The highest BCUT2D eigenvalue weighted by Gasteiger charge is 2.26. The first-order valence-corrected chi connectivity index (χ1v) is 7.23. The number of anilines is 1. The van der Waals surface area contributed by atoms with Crippen LogP contribution in [-0.2, 0) is 5.54 Å². The SMILES string of the molecule is COc1ccccc1NC(=O)NC(C)(C)c1ncc(OC)c(=O)[nH]1. The average molecular weight is 332 g/mol. The number of carbonyl (C=O) groups excluding carboxylic acids is 1. The van der Waals surface area contributed by atoms with Crippen LogP contribution < -0.4 is 25.7 Å². The number of aromatic amines is 1. The number of nitrogens with one attached hydrogen (secondary N) is 3. The molecular formula is C16H20N4O4. The predicted octanol–water partition coefficient (Wildman–Crippen LogP) is 1.84. The van der Waals surface area contributed by atoms with Gasteiger partial charge in [-0.25, -0.2) is 9.78 Å². The summed E-state index contributed by atoms with van der Waals surface area (Å²) in [4.78, 5) is 30.8. The Morgan fingerprint density at radius 3 is 2.46 bits per heavy atom. The molecule has 0 aliphatic carbocycles. The maximum atomic E-state index is 12.3. The maximum absolute atomic E-state index is 12.3. The van der Waals surface area contributed by atoms with Gasteiger partial charge < -0.3 is 25.1 Å². The molecule has 2 aromatic rings. The third-order valence-electron chi connectivity index (χ3n) is 3.36. The molecule has 0 bridgehead atoms. The lowest BCUT2D eigenvalue weighted by Crippen LogP contribution is -2.45. The van der Waals surface area contributed by atoms with Crippen molar-refractivity contribution in [2.24, 2.45) is 0 Å². The van der Waals surface area contributed by atoms with Crippen molar-refractivity contribution in [3.63, 3.8) is 0 Å². The zero-order chi connectivity index (χ0) is 17.7. The summed E-state index contributed by atoms with van der Waals surface area (Å²) in [7, 11) is 2.91. The van der Waals surface area contributed by atoms with Gasteiger partial charge in [0.15, 0.2) is 0 Å². The molecule has 3 N–H and O–H groups in total. The molecule has 2 rings (SSSR count). The minimum atomic E-state index is -0.905. The molecule has 0 radical (unpaired) electrons. The van der Waals surface area contributed by atoms with E-state index in [1.807, 2.05) is 0 Å². The van der Waals surface area contributed by atoms with Crippen LogP contribution in [-0.4, -0.2) is 30.2 Å². The molecule has 1 heterocycles. The Morgan fingerprint density at radius 1 is 1.17 bits per heavy atom. The van der Waals surface area contributed by atoms with Gasteiger partial charge in [0.25, 0.3) is 5.56 Å². The van der Waals surface area contributed by atoms with Crippen molar-refractivity contribution >= 4 is 11.7 Å². The lowest BCUT2D eigenvalue weighted by atomic mass is 10.1. The van der Waals surface area contributed by atoms with E-state index in [9.17, 15) is 9.59 Å². The standard InChI is InChI=1S/C16H20N4O4/c1-16(2,14-17-9-12(24-4)13(21)19-14)20-15(22)18-10-7-5-6-8-11(10)23-3/h5-9H,1-4H3,(H,17,19,21)(H2,18,20,22). The van der Waals surface area contributed by atoms with Gasteiger partial charge in [0.05, 0.1) is 31.6 Å². The fraction of sp³-hybridized carbons (Fsp3) is 0.312. The Balaban J connectivity index is 2.15. The van der Waals surface area contributed by atoms with Crippen LogP contribution in [0.5, 0.6) is 11.5 Å². The van der Waals surface area contributed by atoms with E-state index in [1.54, 1.807) is 38.1 Å². The van der Waals surface area contributed by atoms with Gasteiger partial charge in [0, 0.05) is 0 Å². The van der Waals surface area contributed by atoms with Gasteiger partial charge in [-0.1, -0.05) is 12.1 Å². The number of carbonyl (C=O) groups is 1. The molecule has 0 aliphatic rings. The molecule has 128 valence electrons. The Bertz CT molecular complexity index is 786. The minimum Gasteiger partial charge on any atom is -0.495 e. The Morgan fingerprint density at radius 2 is 1.83 bits per heavy atom. The highest BCUT2D eigenvalue weighted by Crippen LogP contribution is 2.23. The van der Waals surface area contributed by atoms with Crippen molar-refractivity contribution in [2.75, 3.05) is 19.5 Å². The fourth-order valence-corrected chi connectivity index (χ4v) is 2.09. The lowest BCUT2D eigenvalue weighted by molar-refractivity contribution is 0.240. The molecule has 8 nitrogen and oxygen atoms in total. The molecule has 24 heavy (non-hydrogen) atoms. The molecule has 8 heteroatoms. The van der Waals surface area contributed by atoms with E-state index < -0.39 is 17.1 Å². The van der Waals surface area contributed by atoms with Gasteiger partial charge in [-0.15, -0.1) is 0 Å². The molecule has 0 saturated carbocycles. The van der Waals surface area contributed by atoms with E-state index in [-0.39, 0.29) is 5.75 Å². The normalized spacial score (nSPS) is 10.8. The summed E-state index contributed by atoms with van der Waals surface area (Å²) >= 11 is 0. The van der Waals surface area contributed by atoms with E-state index in [0.29, 0.717) is 17.3 Å². The zero-order valence-electron chi connectivity index (χ0n) is 14.0. The second-order valence-corrected chi connectivity index (χ2v) is 5.53. The number of benzene rings is 1. The van der Waals surface area contributed by atoms with Crippen LogP contribution in [0, 0.1) is 0 Å². The van der Waals surface area contributed by atoms with E-state index in [2.05, 4.69) is 20.6 Å². The van der Waals surface area contributed by atoms with Crippen molar-refractivity contribution in [1.82, 2.24) is 15.3 Å². The Hall–Kier alpha value is -3.03. The molecule has 0 aliphatic heterocycles. The lowest BCUT2D eigenvalue weighted by Gasteiger charge is -2.25. The molecule has 0 fully saturated rings. The maximum Gasteiger partial charge on any atom is 0.320 e. The number of ether oxygens (including phenoxy) is 2. The number of hydrogen-bond acceptors (Lipinski definition) is 5. The highest BCUT2D eigenvalue weighted by molar-refractivity contribution is 5.91. The Kier molecular flexibility index (Phi) is 5.08. The molecule has 1 aromatic heterocycles. The van der Waals surface area contributed by atoms with Gasteiger partial charge in [0.2, 0.25) is 5.75 Å². The van der Waals surface area contributed by atoms with Gasteiger partial charge in [-0.3, -0.25) is 4.79 Å². The van der Waals surface area contributed by atoms with Gasteiger partial charge in [0.1, 0.15) is 11.6 Å². The summed E-state index contributed by atoms with van der Waals surface area (Å²) < 4.78 is 10.1. The first-order valence-electron chi connectivity index (χ1n) is 7.23. The summed E-state index contributed by atoms with van der Waals surface area (Å²) in [5, 5.41) is 5.46. The minimum absolute atomic E-state index is 0.105. The number of aromatic nitrogens is 2. The largest absolute Gasteiger partial charge is 0.495 e. The van der Waals surface area contributed by atoms with Crippen LogP contribution in [0.25, 0.3) is 0 Å². The second-order valence-electron chi connectivity index (χ2n) is 5.53. The Labute approximate surface area is 139 Å². The van der Waals surface area contributed by atoms with Crippen LogP contribution >= 0.6 is 0 Å². The third kappa shape index (κ3) is 3.83. The van der Waals surface area contributed by atoms with Crippen LogP contribution in [0.4, 0.5) is 10.5 Å². The zero-order valence-corrected chi connectivity index (χ0v) is 14.0. The first kappa shape index (κ1) is 17.3. The number of hydrogen-bond donors (Lipinski definition) is 3. The number of H-pyrrole nitrogens is 1. The van der Waals surface area contributed by atoms with Crippen LogP contribution in [0.2, 0.25) is 0 Å². The second kappa shape index (κ2) is 7.03. The van der Waals surface area contributed by atoms with Crippen molar-refractivity contribution in [2.45, 2.75) is 19.4 Å². The third-order valence-corrected chi connectivity index (χ3v) is 3.36. The highest BCUT2D eigenvalue weighted by atomic mass is 16.5. The quantitative estimate of drug-likeness (QED) is 0.775. The van der Waals surface area contributed by atoms with Crippen molar-refractivity contribution in [3.05, 3.63) is 46.6 Å². The van der Waals surface area contributed by atoms with Crippen molar-refractivity contribution in [1.29, 1.82) is 0 Å². The van der Waals surface area contributed by atoms with Crippen molar-refractivity contribution < 1.29 is 14.3 Å². The van der Waals surface area contributed by atoms with E-state index in [1.165, 1.54) is 20.4 Å². The van der Waals surface area contributed by atoms with Gasteiger partial charge in [-0.2, -0.15) is 0 Å². The van der Waals surface area contributed by atoms with Gasteiger partial charge in [-0.05, 0) is 26.0 Å². The summed E-state index contributed by atoms with van der Waals surface area (Å²) in [5.74, 6) is 0.956. The number of urea groups is 1. The smallest absolute Gasteiger partial charge is 0.320 e. The molecule has 1 aromatic carbocycles. The molecule has 0 spiro atoms. The monoisotopic (exact) mass is 332 g/mol. The summed E-state index contributed by atoms with van der Waals surface area (Å²) in [6, 6.07) is 6.59. The number of para-hydroxylation sites is 2. The summed E-state index contributed by atoms with van der Waals surface area (Å²) in [6.07, 6.45) is 1.32. The first-order chi connectivity index (χ1) is 11.4. The number of rotatable bonds is 5. The summed E-state index contributed by atoms with van der Waals surface area (Å²) in [5.41, 5.74) is -0.788. The number of amides is 2. The molecule has 0 unspecified atom stereocenters. The predicted molar refractivity (Wildman–Crippen MR) is 89.6 cm³/mol. The van der Waals surface area contributed by atoms with Crippen LogP contribution in [0.1, 0.15) is 19.7 Å². The number of nitrogens with zero attached hydrogens (tertiary/aromatic N) is 1. The average Bonchev–Trinajstić information content (AvgIpc) is 2.54. The molecular weight excluding hydrogens is 312 g/mol. The molecule has 2 amide bonds. The van der Waals surface area contributed by atoms with E-state index in [4.69, 9.17) is 9.47 Å². The van der Waals surface area contributed by atoms with Crippen LogP contribution in [0.3, 0.4) is 0 Å². The molecule has 0 atom stereocenters. The van der Waals surface area contributed by atoms with Gasteiger partial charge >= 0.3 is 6.03 Å². The summed E-state index contributed by atoms with van der Waals surface area (Å²) in [6.45, 7) is 3.44. The van der Waals surface area contributed by atoms with Crippen molar-refractivity contribution in [3.8, 4) is 11.5 Å². The van der Waals surface area contributed by atoms with E-state index in [0.717, 1.165) is 0 Å². The van der Waals surface area contributed by atoms with Crippen LogP contribution in [0.15, 0.2) is 35.3 Å². The fourth-order valence-electron chi connectivity index (χ4n) is 2.09. The van der Waals surface area contributed by atoms with E-state index >= 15 is 0 Å². The number of methoxy groups -OCH3 is 2.